The van der Waals surface area contributed by atoms with Gasteiger partial charge in [-0.25, -0.2) is 0 Å². The lowest BCUT2D eigenvalue weighted by atomic mass is 10.1. The normalized spacial score (nSPS) is 12.1. The second-order valence-corrected chi connectivity index (χ2v) is 4.49. The van der Waals surface area contributed by atoms with Crippen molar-refractivity contribution in [3.63, 3.8) is 0 Å². The summed E-state index contributed by atoms with van der Waals surface area (Å²) in [5.41, 5.74) is 1.00. The summed E-state index contributed by atoms with van der Waals surface area (Å²) in [6.07, 6.45) is 1.71. The van der Waals surface area contributed by atoms with Crippen LogP contribution in [0.2, 0.25) is 0 Å². The summed E-state index contributed by atoms with van der Waals surface area (Å²) < 4.78 is 16.1. The summed E-state index contributed by atoms with van der Waals surface area (Å²) in [7, 11) is 4.81. The van der Waals surface area contributed by atoms with Gasteiger partial charge in [0, 0.05) is 24.8 Å². The highest BCUT2D eigenvalue weighted by atomic mass is 16.5. The first-order valence-electron chi connectivity index (χ1n) is 6.83. The Morgan fingerprint density at radius 1 is 1.10 bits per heavy atom. The van der Waals surface area contributed by atoms with Crippen molar-refractivity contribution in [1.82, 2.24) is 5.32 Å². The zero-order chi connectivity index (χ0) is 15.0. The molecule has 1 aromatic rings. The Kier molecular flexibility index (Phi) is 7.18. The Bertz CT molecular complexity index is 409. The highest BCUT2D eigenvalue weighted by Crippen LogP contribution is 2.39. The number of nitrogens with one attached hydrogen (secondary N) is 1. The molecule has 0 aliphatic carbocycles. The van der Waals surface area contributed by atoms with E-state index >= 15 is 0 Å². The van der Waals surface area contributed by atoms with Crippen molar-refractivity contribution in [2.45, 2.75) is 32.4 Å². The molecule has 0 radical (unpaired) electrons. The second-order valence-electron chi connectivity index (χ2n) is 4.49. The number of benzene rings is 1. The standard InChI is InChI=1S/C15H25NO4/c1-5-12(8-9-17)16-10-11-6-7-13(18-2)15(20-4)14(11)19-3/h6-7,12,16-17H,5,8-10H2,1-4H3. The molecule has 0 bridgehead atoms. The van der Waals surface area contributed by atoms with Crippen LogP contribution >= 0.6 is 0 Å². The van der Waals surface area contributed by atoms with E-state index in [0.29, 0.717) is 23.8 Å². The van der Waals surface area contributed by atoms with Crippen molar-refractivity contribution in [2.75, 3.05) is 27.9 Å². The Labute approximate surface area is 120 Å². The van der Waals surface area contributed by atoms with Gasteiger partial charge in [0.2, 0.25) is 5.75 Å². The topological polar surface area (TPSA) is 60.0 Å². The Balaban J connectivity index is 2.89. The summed E-state index contributed by atoms with van der Waals surface area (Å²) in [4.78, 5) is 0. The molecule has 0 fully saturated rings. The average molecular weight is 283 g/mol. The fourth-order valence-corrected chi connectivity index (χ4v) is 2.16. The third-order valence-electron chi connectivity index (χ3n) is 3.34. The summed E-state index contributed by atoms with van der Waals surface area (Å²) in [5.74, 6) is 1.93. The molecule has 5 nitrogen and oxygen atoms in total. The number of aliphatic hydroxyl groups excluding tert-OH is 1. The van der Waals surface area contributed by atoms with Crippen LogP contribution in [0, 0.1) is 0 Å². The highest BCUT2D eigenvalue weighted by Gasteiger charge is 2.16. The predicted octanol–water partition coefficient (Wildman–Crippen LogP) is 1.96. The lowest BCUT2D eigenvalue weighted by Gasteiger charge is -2.19. The molecule has 0 saturated carbocycles. The minimum absolute atomic E-state index is 0.189. The van der Waals surface area contributed by atoms with Gasteiger partial charge in [0.25, 0.3) is 0 Å². The molecule has 1 atom stereocenters. The summed E-state index contributed by atoms with van der Waals surface area (Å²) in [6.45, 7) is 2.94. The Morgan fingerprint density at radius 2 is 1.80 bits per heavy atom. The molecule has 20 heavy (non-hydrogen) atoms. The molecule has 0 aliphatic heterocycles. The van der Waals surface area contributed by atoms with E-state index in [9.17, 15) is 0 Å². The van der Waals surface area contributed by atoms with Crippen LogP contribution in [0.15, 0.2) is 12.1 Å². The van der Waals surface area contributed by atoms with Crippen molar-refractivity contribution in [1.29, 1.82) is 0 Å². The number of hydrogen-bond donors (Lipinski definition) is 2. The van der Waals surface area contributed by atoms with Gasteiger partial charge >= 0.3 is 0 Å². The van der Waals surface area contributed by atoms with Crippen LogP contribution in [-0.4, -0.2) is 39.1 Å². The third kappa shape index (κ3) is 4.02. The third-order valence-corrected chi connectivity index (χ3v) is 3.34. The summed E-state index contributed by atoms with van der Waals surface area (Å²) in [5, 5.41) is 12.4. The Morgan fingerprint density at radius 3 is 2.30 bits per heavy atom. The van der Waals surface area contributed by atoms with Crippen LogP contribution in [-0.2, 0) is 6.54 Å². The fourth-order valence-electron chi connectivity index (χ4n) is 2.16. The van der Waals surface area contributed by atoms with E-state index in [-0.39, 0.29) is 12.6 Å². The summed E-state index contributed by atoms with van der Waals surface area (Å²) in [6, 6.07) is 4.11. The predicted molar refractivity (Wildman–Crippen MR) is 78.7 cm³/mol. The maximum absolute atomic E-state index is 9.01. The molecule has 1 unspecified atom stereocenters. The van der Waals surface area contributed by atoms with Crippen molar-refractivity contribution >= 4 is 0 Å². The minimum atomic E-state index is 0.189. The van der Waals surface area contributed by atoms with Gasteiger partial charge in [-0.05, 0) is 18.9 Å². The van der Waals surface area contributed by atoms with Crippen LogP contribution in [0.3, 0.4) is 0 Å². The SMILES string of the molecule is CCC(CCO)NCc1ccc(OC)c(OC)c1OC. The van der Waals surface area contributed by atoms with Crippen molar-refractivity contribution in [3.8, 4) is 17.2 Å². The molecule has 2 N–H and O–H groups in total. The smallest absolute Gasteiger partial charge is 0.203 e. The first-order valence-corrected chi connectivity index (χ1v) is 6.83. The molecule has 5 heteroatoms. The van der Waals surface area contributed by atoms with E-state index in [0.717, 1.165) is 18.4 Å². The molecular formula is C15H25NO4. The van der Waals surface area contributed by atoms with Crippen molar-refractivity contribution in [3.05, 3.63) is 17.7 Å². The molecule has 0 aliphatic rings. The fraction of sp³-hybridized carbons (Fsp3) is 0.600. The van der Waals surface area contributed by atoms with Gasteiger partial charge in [0.05, 0.1) is 21.3 Å². The lowest BCUT2D eigenvalue weighted by molar-refractivity contribution is 0.261. The van der Waals surface area contributed by atoms with E-state index in [1.807, 2.05) is 12.1 Å². The number of methoxy groups -OCH3 is 3. The molecule has 1 aromatic carbocycles. The average Bonchev–Trinajstić information content (AvgIpc) is 2.50. The highest BCUT2D eigenvalue weighted by molar-refractivity contribution is 5.55. The van der Waals surface area contributed by atoms with E-state index in [2.05, 4.69) is 12.2 Å². The Hall–Kier alpha value is -1.46. The first-order chi connectivity index (χ1) is 9.71. The monoisotopic (exact) mass is 283 g/mol. The van der Waals surface area contributed by atoms with E-state index < -0.39 is 0 Å². The van der Waals surface area contributed by atoms with Gasteiger partial charge in [-0.2, -0.15) is 0 Å². The molecule has 1 rings (SSSR count). The number of hydrogen-bond acceptors (Lipinski definition) is 5. The van der Waals surface area contributed by atoms with Crippen molar-refractivity contribution in [2.24, 2.45) is 0 Å². The molecule has 0 spiro atoms. The van der Waals surface area contributed by atoms with E-state index in [4.69, 9.17) is 19.3 Å². The van der Waals surface area contributed by atoms with Crippen LogP contribution in [0.25, 0.3) is 0 Å². The molecule has 0 amide bonds. The maximum atomic E-state index is 9.01. The lowest BCUT2D eigenvalue weighted by Crippen LogP contribution is -2.29. The first kappa shape index (κ1) is 16.6. The molecular weight excluding hydrogens is 258 g/mol. The largest absolute Gasteiger partial charge is 0.493 e. The van der Waals surface area contributed by atoms with Gasteiger partial charge in [-0.3, -0.25) is 0 Å². The van der Waals surface area contributed by atoms with E-state index in [1.54, 1.807) is 21.3 Å². The van der Waals surface area contributed by atoms with Gasteiger partial charge in [0.15, 0.2) is 11.5 Å². The van der Waals surface area contributed by atoms with Gasteiger partial charge in [-0.1, -0.05) is 13.0 Å². The van der Waals surface area contributed by atoms with Gasteiger partial charge in [-0.15, -0.1) is 0 Å². The molecule has 114 valence electrons. The second kappa shape index (κ2) is 8.66. The molecule has 0 saturated heterocycles. The number of ether oxygens (including phenoxy) is 3. The summed E-state index contributed by atoms with van der Waals surface area (Å²) >= 11 is 0. The van der Waals surface area contributed by atoms with Gasteiger partial charge in [0.1, 0.15) is 0 Å². The van der Waals surface area contributed by atoms with Crippen LogP contribution < -0.4 is 19.5 Å². The molecule has 0 heterocycles. The van der Waals surface area contributed by atoms with Gasteiger partial charge < -0.3 is 24.6 Å². The minimum Gasteiger partial charge on any atom is -0.493 e. The van der Waals surface area contributed by atoms with Crippen LogP contribution in [0.5, 0.6) is 17.2 Å². The number of rotatable bonds is 9. The number of aliphatic hydroxyl groups is 1. The maximum Gasteiger partial charge on any atom is 0.203 e. The van der Waals surface area contributed by atoms with E-state index in [1.165, 1.54) is 0 Å². The zero-order valence-electron chi connectivity index (χ0n) is 12.7. The quantitative estimate of drug-likeness (QED) is 0.725. The zero-order valence-corrected chi connectivity index (χ0v) is 12.7. The van der Waals surface area contributed by atoms with Crippen LogP contribution in [0.4, 0.5) is 0 Å². The van der Waals surface area contributed by atoms with Crippen molar-refractivity contribution < 1.29 is 19.3 Å². The molecule has 0 aromatic heterocycles. The van der Waals surface area contributed by atoms with Crippen LogP contribution in [0.1, 0.15) is 25.3 Å².